The van der Waals surface area contributed by atoms with Gasteiger partial charge in [0.1, 0.15) is 11.3 Å². The van der Waals surface area contributed by atoms with E-state index in [1.165, 1.54) is 0 Å². The summed E-state index contributed by atoms with van der Waals surface area (Å²) in [5, 5.41) is 14.9. The number of benzene rings is 2. The van der Waals surface area contributed by atoms with E-state index in [1.54, 1.807) is 30.2 Å². The van der Waals surface area contributed by atoms with E-state index in [9.17, 15) is 4.79 Å². The molecule has 45 heavy (non-hydrogen) atoms. The highest BCUT2D eigenvalue weighted by atomic mass is 35.5. The molecule has 2 fully saturated rings. The highest BCUT2D eigenvalue weighted by molar-refractivity contribution is 6.36. The number of piperidine rings is 1. The van der Waals surface area contributed by atoms with Crippen LogP contribution in [0.4, 0.5) is 10.2 Å². The maximum absolute atomic E-state index is 17.1. The minimum Gasteiger partial charge on any atom is -0.352 e. The predicted molar refractivity (Wildman–Crippen MR) is 177 cm³/mol. The third-order valence-corrected chi connectivity index (χ3v) is 10.4. The van der Waals surface area contributed by atoms with Crippen LogP contribution in [-0.4, -0.2) is 86.5 Å². The van der Waals surface area contributed by atoms with Gasteiger partial charge in [-0.2, -0.15) is 10.2 Å². The first-order valence-corrected chi connectivity index (χ1v) is 15.7. The molecule has 7 rings (SSSR count). The molecular formula is C33H33Cl2FN8O. The molecule has 9 nitrogen and oxygen atoms in total. The van der Waals surface area contributed by atoms with Crippen molar-refractivity contribution in [3.8, 4) is 23.0 Å². The fraction of sp³-hybridized carbons (Fsp3) is 0.394. The molecule has 0 saturated carbocycles. The van der Waals surface area contributed by atoms with E-state index in [0.717, 1.165) is 29.4 Å². The standard InChI is InChI=1S/C33H33Cl2FN8O/c1-6-7-26(45)42-10-8-19(9-11-42)44-31-20-12-24(35)28(27-18(2)23(34)13-25-21(27)14-37-40-25)29(36)30(20)39-32(22(31)15-38-44)43-16-33(3,17-43)41(4)5/h12-15,19H,8-11,16-17H2,1-5H3,(H,37,40). The Labute approximate surface area is 270 Å². The number of halogens is 3. The van der Waals surface area contributed by atoms with Gasteiger partial charge in [-0.1, -0.05) is 29.1 Å². The van der Waals surface area contributed by atoms with E-state index in [-0.39, 0.29) is 33.6 Å². The van der Waals surface area contributed by atoms with Gasteiger partial charge in [-0.05, 0) is 71.3 Å². The van der Waals surface area contributed by atoms with Gasteiger partial charge >= 0.3 is 0 Å². The van der Waals surface area contributed by atoms with Crippen molar-refractivity contribution in [3.63, 3.8) is 0 Å². The first-order chi connectivity index (χ1) is 21.5. The van der Waals surface area contributed by atoms with Gasteiger partial charge in [0.15, 0.2) is 5.82 Å². The summed E-state index contributed by atoms with van der Waals surface area (Å²) in [4.78, 5) is 23.6. The minimum absolute atomic E-state index is 0.00487. The smallest absolute Gasteiger partial charge is 0.298 e. The van der Waals surface area contributed by atoms with Gasteiger partial charge in [0.25, 0.3) is 5.91 Å². The molecule has 0 bridgehead atoms. The van der Waals surface area contributed by atoms with E-state index >= 15 is 4.39 Å². The first kappa shape index (κ1) is 29.8. The lowest BCUT2D eigenvalue weighted by Crippen LogP contribution is -2.67. The number of likely N-dealkylation sites (N-methyl/N-ethyl adjacent to an activating group) is 1. The van der Waals surface area contributed by atoms with E-state index in [4.69, 9.17) is 33.3 Å². The Morgan fingerprint density at radius 2 is 1.82 bits per heavy atom. The van der Waals surface area contributed by atoms with Crippen LogP contribution in [0, 0.1) is 24.6 Å². The Morgan fingerprint density at radius 3 is 2.51 bits per heavy atom. The normalized spacial score (nSPS) is 16.9. The van der Waals surface area contributed by atoms with Crippen LogP contribution in [-0.2, 0) is 4.79 Å². The molecule has 1 N–H and O–H groups in total. The monoisotopic (exact) mass is 646 g/mol. The summed E-state index contributed by atoms with van der Waals surface area (Å²) in [6, 6.07) is 3.59. The number of fused-ring (bicyclic) bond motifs is 4. The van der Waals surface area contributed by atoms with Crippen molar-refractivity contribution in [2.45, 2.75) is 45.2 Å². The minimum atomic E-state index is -0.518. The quantitative estimate of drug-likeness (QED) is 0.234. The molecule has 2 aromatic carbocycles. The molecule has 1 amide bonds. The molecule has 12 heteroatoms. The Kier molecular flexibility index (Phi) is 7.19. The Hall–Kier alpha value is -3.91. The summed E-state index contributed by atoms with van der Waals surface area (Å²) in [5.41, 5.74) is 3.20. The number of pyridine rings is 1. The van der Waals surface area contributed by atoms with Gasteiger partial charge in [0.2, 0.25) is 0 Å². The number of amides is 1. The van der Waals surface area contributed by atoms with Crippen LogP contribution in [0.5, 0.6) is 0 Å². The Morgan fingerprint density at radius 1 is 1.09 bits per heavy atom. The molecule has 0 atom stereocenters. The van der Waals surface area contributed by atoms with Crippen molar-refractivity contribution in [3.05, 3.63) is 46.0 Å². The van der Waals surface area contributed by atoms with Crippen LogP contribution in [0.2, 0.25) is 10.0 Å². The lowest BCUT2D eigenvalue weighted by atomic mass is 9.90. The van der Waals surface area contributed by atoms with Crippen LogP contribution in [0.15, 0.2) is 24.5 Å². The van der Waals surface area contributed by atoms with Crippen molar-refractivity contribution in [1.29, 1.82) is 0 Å². The molecule has 2 aliphatic rings. The van der Waals surface area contributed by atoms with Crippen molar-refractivity contribution in [2.75, 3.05) is 45.2 Å². The molecule has 0 unspecified atom stereocenters. The zero-order chi connectivity index (χ0) is 31.8. The summed E-state index contributed by atoms with van der Waals surface area (Å²) in [6.07, 6.45) is 4.89. The van der Waals surface area contributed by atoms with Gasteiger partial charge < -0.3 is 14.7 Å². The molecule has 0 radical (unpaired) electrons. The first-order valence-electron chi connectivity index (χ1n) is 15.0. The SMILES string of the molecule is CC#CC(=O)N1CCC(n2ncc3c(N4CC(C)(N(C)C)C4)nc4c(F)c(-c5c(C)c(Cl)cc6[nH]ncc56)c(Cl)cc4c32)CC1. The van der Waals surface area contributed by atoms with E-state index in [2.05, 4.69) is 52.9 Å². The lowest BCUT2D eigenvalue weighted by Gasteiger charge is -2.52. The number of rotatable bonds is 4. The number of carbonyl (C=O) groups excluding carboxylic acids is 1. The van der Waals surface area contributed by atoms with E-state index in [0.29, 0.717) is 58.8 Å². The zero-order valence-corrected chi connectivity index (χ0v) is 27.3. The largest absolute Gasteiger partial charge is 0.352 e. The maximum atomic E-state index is 17.1. The molecule has 232 valence electrons. The molecule has 0 spiro atoms. The van der Waals surface area contributed by atoms with Crippen molar-refractivity contribution in [2.24, 2.45) is 0 Å². The topological polar surface area (TPSA) is 86.2 Å². The molecule has 5 aromatic rings. The second kappa shape index (κ2) is 10.9. The zero-order valence-electron chi connectivity index (χ0n) is 25.8. The highest BCUT2D eigenvalue weighted by Gasteiger charge is 2.42. The molecule has 2 saturated heterocycles. The Bertz CT molecular complexity index is 2080. The second-order valence-corrected chi connectivity index (χ2v) is 13.4. The van der Waals surface area contributed by atoms with Crippen LogP contribution in [0.3, 0.4) is 0 Å². The average molecular weight is 648 g/mol. The molecule has 3 aromatic heterocycles. The number of nitrogens with zero attached hydrogens (tertiary/aromatic N) is 7. The van der Waals surface area contributed by atoms with Gasteiger partial charge in [-0.25, -0.2) is 9.37 Å². The summed E-state index contributed by atoms with van der Waals surface area (Å²) < 4.78 is 19.1. The second-order valence-electron chi connectivity index (χ2n) is 12.6. The number of carbonyl (C=O) groups is 1. The predicted octanol–water partition coefficient (Wildman–Crippen LogP) is 6.21. The summed E-state index contributed by atoms with van der Waals surface area (Å²) in [5.74, 6) is 5.35. The fourth-order valence-corrected chi connectivity index (χ4v) is 7.29. The number of aromatic amines is 1. The fourth-order valence-electron chi connectivity index (χ4n) is 6.80. The van der Waals surface area contributed by atoms with Gasteiger partial charge in [-0.15, -0.1) is 0 Å². The maximum Gasteiger partial charge on any atom is 0.298 e. The van der Waals surface area contributed by atoms with Crippen LogP contribution in [0.25, 0.3) is 43.8 Å². The van der Waals surface area contributed by atoms with Crippen molar-refractivity contribution < 1.29 is 9.18 Å². The third-order valence-electron chi connectivity index (χ3n) is 9.67. The van der Waals surface area contributed by atoms with E-state index in [1.807, 2.05) is 17.8 Å². The van der Waals surface area contributed by atoms with Crippen LogP contribution in [0.1, 0.15) is 38.3 Å². The average Bonchev–Trinajstić information content (AvgIpc) is 3.65. The number of nitrogens with one attached hydrogen (secondary N) is 1. The highest BCUT2D eigenvalue weighted by Crippen LogP contribution is 2.46. The number of likely N-dealkylation sites (tertiary alicyclic amines) is 1. The number of hydrogen-bond donors (Lipinski definition) is 1. The van der Waals surface area contributed by atoms with Crippen molar-refractivity contribution >= 4 is 67.6 Å². The number of hydrogen-bond acceptors (Lipinski definition) is 6. The van der Waals surface area contributed by atoms with Crippen molar-refractivity contribution in [1.82, 2.24) is 34.8 Å². The van der Waals surface area contributed by atoms with Gasteiger partial charge in [0.05, 0.1) is 45.4 Å². The molecular weight excluding hydrogens is 614 g/mol. The summed E-state index contributed by atoms with van der Waals surface area (Å²) in [7, 11) is 4.14. The van der Waals surface area contributed by atoms with Gasteiger partial charge in [0, 0.05) is 53.1 Å². The Balaban J connectivity index is 1.43. The molecule has 5 heterocycles. The lowest BCUT2D eigenvalue weighted by molar-refractivity contribution is -0.126. The number of anilines is 1. The summed E-state index contributed by atoms with van der Waals surface area (Å²) in [6.45, 7) is 8.34. The third kappa shape index (κ3) is 4.63. The molecule has 2 aliphatic heterocycles. The van der Waals surface area contributed by atoms with E-state index < -0.39 is 5.82 Å². The van der Waals surface area contributed by atoms with Crippen LogP contribution >= 0.6 is 23.2 Å². The summed E-state index contributed by atoms with van der Waals surface area (Å²) >= 11 is 13.6. The molecule has 0 aliphatic carbocycles. The van der Waals surface area contributed by atoms with Gasteiger partial charge in [-0.3, -0.25) is 14.6 Å². The number of H-pyrrole nitrogens is 1. The van der Waals surface area contributed by atoms with Crippen LogP contribution < -0.4 is 4.90 Å². The number of aromatic nitrogens is 5.